The monoisotopic (exact) mass is 2160 g/mol. The Morgan fingerprint density at radius 3 is 0.524 bits per heavy atom. The average molecular weight is 2160 g/mol. The quantitative estimate of drug-likeness (QED) is 0.0168. The van der Waals surface area contributed by atoms with E-state index in [1.807, 2.05) is 48.5 Å². The normalized spacial score (nSPS) is 9.81. The van der Waals surface area contributed by atoms with Gasteiger partial charge in [-0.1, -0.05) is 111 Å². The second-order valence-corrected chi connectivity index (χ2v) is 23.6. The summed E-state index contributed by atoms with van der Waals surface area (Å²) in [5.74, 6) is 18.2. The zero-order valence-corrected chi connectivity index (χ0v) is 83.5. The van der Waals surface area contributed by atoms with Gasteiger partial charge in [0, 0.05) is 151 Å². The number of carboxylic acid groups (broad SMARTS) is 16. The number of esters is 2. The minimum absolute atomic E-state index is 0. The predicted molar refractivity (Wildman–Crippen MR) is 495 cm³/mol. The van der Waals surface area contributed by atoms with Gasteiger partial charge in [0.25, 0.3) is 0 Å². The minimum atomic E-state index is -2.09. The second kappa shape index (κ2) is 140. The Morgan fingerprint density at radius 1 is 0.272 bits per heavy atom. The zero-order valence-electron chi connectivity index (χ0n) is 83.5. The van der Waals surface area contributed by atoms with E-state index in [0.717, 1.165) is 64.0 Å². The molecular weight excluding hydrogens is 2010 g/mol. The molecule has 858 valence electrons. The highest BCUT2D eigenvalue weighted by molar-refractivity contribution is 6.05. The maximum absolute atomic E-state index is 11.6. The molecule has 67 nitrogen and oxygen atoms in total. The highest BCUT2D eigenvalue weighted by Gasteiger charge is 2.54. The molecule has 0 aromatic rings. The van der Waals surface area contributed by atoms with Gasteiger partial charge < -0.3 is 146 Å². The summed E-state index contributed by atoms with van der Waals surface area (Å²) in [6.45, 7) is 26.9. The van der Waals surface area contributed by atoms with E-state index in [2.05, 4.69) is 106 Å². The van der Waals surface area contributed by atoms with Gasteiger partial charge in [-0.15, -0.1) is 0 Å². The van der Waals surface area contributed by atoms with Crippen LogP contribution < -0.4 is 59.0 Å². The Hall–Kier alpha value is -16.4. The fourth-order valence-electron chi connectivity index (χ4n) is 5.02. The van der Waals surface area contributed by atoms with Crippen molar-refractivity contribution >= 4 is 167 Å². The molecule has 0 fully saturated rings. The van der Waals surface area contributed by atoms with E-state index in [9.17, 15) is 144 Å². The lowest BCUT2D eigenvalue weighted by Crippen LogP contribution is -2.49. The largest absolute Gasteiger partial charge is 0.481 e. The molecule has 1 aliphatic rings. The van der Waals surface area contributed by atoms with E-state index in [0.29, 0.717) is 93.6 Å². The first kappa shape index (κ1) is 183. The molecule has 40 N–H and O–H groups in total. The van der Waals surface area contributed by atoms with E-state index >= 15 is 0 Å². The van der Waals surface area contributed by atoms with Crippen molar-refractivity contribution in [3.8, 4) is 0 Å². The van der Waals surface area contributed by atoms with Crippen molar-refractivity contribution in [3.05, 3.63) is 60.8 Å². The van der Waals surface area contributed by atoms with Crippen molar-refractivity contribution in [1.29, 1.82) is 0 Å². The number of hydrogen-bond acceptors (Lipinski definition) is 49. The standard InChI is InChI=1S/C11H18N2O8.2C4H5NO4.6C4H9NO2.2C4H4O4.C4H2O3.C4H8O2.7C3H6O2.2H2O/c1-3-11(10(18)19,4-6(14)20-12)7(8(15)16)5(2)9(17)21-13;2*5-9-4(8)2-1-3(6)7;6*1-2-3-4(6)7-5;2*5-3(6)1-2-4(7)8;5-3-1-2-4(6)7-3;1-2-3-4(5)6;7*1-2-3(4)5;;/h5,7H,3-4,12-13H2,1-2H3,(H,15,16)(H,18,19);2*1-2H,5H2,(H,6,7);6*2-3,5H2,1H3;2*1-2H,(H,5,6)(H,7,8);1-2H;2-3H2,1H3,(H,5,6);7*2H2,1H3,(H,4,5);2*1H2/b;2*2-1-;;;;;;;2*2-1-;;;;;;;;;;;. The lowest BCUT2D eigenvalue weighted by atomic mass is 9.66. The van der Waals surface area contributed by atoms with E-state index in [1.54, 1.807) is 48.5 Å². The van der Waals surface area contributed by atoms with Gasteiger partial charge in [-0.25, -0.2) is 47.9 Å². The van der Waals surface area contributed by atoms with E-state index in [-0.39, 0.29) is 98.1 Å². The van der Waals surface area contributed by atoms with Gasteiger partial charge in [0.2, 0.25) is 0 Å². The van der Waals surface area contributed by atoms with Crippen molar-refractivity contribution in [2.24, 2.45) is 76.2 Å². The molecule has 147 heavy (non-hydrogen) atoms. The lowest BCUT2D eigenvalue weighted by molar-refractivity contribution is -0.176. The third kappa shape index (κ3) is 213. The molecule has 0 radical (unpaired) electrons. The molecule has 1 aliphatic heterocycles. The topological polar surface area (TPSA) is 1230 Å². The third-order valence-electron chi connectivity index (χ3n) is 11.8. The fraction of sp³-hybridized carbons (Fsp3) is 0.525. The Labute approximate surface area is 840 Å². The molecule has 1 rings (SSSR count). The molecular formula is C80H146N10O57. The van der Waals surface area contributed by atoms with Crippen LogP contribution in [0.4, 0.5) is 0 Å². The van der Waals surface area contributed by atoms with Crippen LogP contribution >= 0.6 is 0 Å². The van der Waals surface area contributed by atoms with Gasteiger partial charge in [0.1, 0.15) is 0 Å². The van der Waals surface area contributed by atoms with Gasteiger partial charge >= 0.3 is 167 Å². The van der Waals surface area contributed by atoms with Crippen LogP contribution in [0, 0.1) is 17.3 Å². The summed E-state index contributed by atoms with van der Waals surface area (Å²) >= 11 is 0. The average Bonchev–Trinajstić information content (AvgIpc) is 1.02. The Kier molecular flexibility index (Phi) is 174. The highest BCUT2D eigenvalue weighted by Crippen LogP contribution is 2.41. The van der Waals surface area contributed by atoms with Crippen LogP contribution in [0.3, 0.4) is 0 Å². The summed E-state index contributed by atoms with van der Waals surface area (Å²) < 4.78 is 3.97. The summed E-state index contributed by atoms with van der Waals surface area (Å²) in [7, 11) is 0. The molecule has 0 saturated carbocycles. The maximum Gasteiger partial charge on any atom is 0.349 e. The summed E-state index contributed by atoms with van der Waals surface area (Å²) in [6, 6.07) is 0. The first-order chi connectivity index (χ1) is 67.0. The van der Waals surface area contributed by atoms with Crippen molar-refractivity contribution in [3.63, 3.8) is 0 Å². The number of aliphatic carboxylic acids is 16. The molecule has 0 aromatic heterocycles. The Bertz CT molecular complexity index is 3440. The van der Waals surface area contributed by atoms with Gasteiger partial charge in [-0.3, -0.25) is 86.3 Å². The summed E-state index contributed by atoms with van der Waals surface area (Å²) in [5.41, 5.74) is -2.09. The van der Waals surface area contributed by atoms with Gasteiger partial charge in [0.05, 0.1) is 23.7 Å². The molecule has 1 heterocycles. The Balaban J connectivity index is -0.0000000607. The summed E-state index contributed by atoms with van der Waals surface area (Å²) in [5, 5.41) is 128. The number of nitrogens with two attached hydrogens (primary N) is 10. The number of carbonyl (C=O) groups excluding carboxylic acids is 12. The number of cyclic esters (lactones) is 2. The van der Waals surface area contributed by atoms with Crippen molar-refractivity contribution in [2.75, 3.05) is 0 Å². The van der Waals surface area contributed by atoms with Crippen LogP contribution in [0.15, 0.2) is 60.8 Å². The molecule has 0 amide bonds. The summed E-state index contributed by atoms with van der Waals surface area (Å²) in [6.07, 6.45) is 15.8. The van der Waals surface area contributed by atoms with Crippen molar-refractivity contribution in [2.45, 2.75) is 258 Å². The zero-order chi connectivity index (χ0) is 119. The van der Waals surface area contributed by atoms with Crippen LogP contribution in [-0.4, -0.2) is 260 Å². The van der Waals surface area contributed by atoms with E-state index in [4.69, 9.17) is 77.4 Å². The van der Waals surface area contributed by atoms with Crippen LogP contribution in [0.2, 0.25) is 0 Å². The molecule has 0 aromatic carbocycles. The molecule has 0 bridgehead atoms. The predicted octanol–water partition coefficient (Wildman–Crippen LogP) is -0.0249. The summed E-state index contributed by atoms with van der Waals surface area (Å²) in [4.78, 5) is 317. The van der Waals surface area contributed by atoms with E-state index in [1.165, 1.54) is 6.92 Å². The SMILES string of the molecule is CCC(=O)O.CCC(=O)O.CCC(=O)O.CCC(=O)O.CCC(=O)O.CCC(=O)O.CCC(=O)O.CCC(CC(=O)ON)(C(=O)O)C(C(=O)O)C(C)C(=O)ON.CCCC(=O)O.CCCC(=O)ON.CCCC(=O)ON.CCCC(=O)ON.CCCC(=O)ON.CCCC(=O)ON.CCCC(=O)ON.NOC(=O)/C=C\C(=O)O.NOC(=O)/C=C\C(=O)O.O.O.O=C(O)/C=C\C(=O)O.O=C(O)/C=C\C(=O)O.O=C1C=CC(=O)O1. The molecule has 0 saturated heterocycles. The molecule has 3 unspecified atom stereocenters. The van der Waals surface area contributed by atoms with Crippen molar-refractivity contribution < 1.29 is 280 Å². The van der Waals surface area contributed by atoms with Crippen LogP contribution in [0.5, 0.6) is 0 Å². The van der Waals surface area contributed by atoms with Gasteiger partial charge in [0.15, 0.2) is 0 Å². The number of ether oxygens (including phenoxy) is 1. The van der Waals surface area contributed by atoms with Crippen LogP contribution in [0.25, 0.3) is 0 Å². The number of carboxylic acids is 16. The smallest absolute Gasteiger partial charge is 0.349 e. The second-order valence-electron chi connectivity index (χ2n) is 23.6. The highest BCUT2D eigenvalue weighted by atomic mass is 16.7. The first-order valence-corrected chi connectivity index (χ1v) is 40.8. The lowest BCUT2D eigenvalue weighted by Gasteiger charge is -2.35. The van der Waals surface area contributed by atoms with Crippen molar-refractivity contribution in [1.82, 2.24) is 0 Å². The van der Waals surface area contributed by atoms with E-state index < -0.39 is 155 Å². The molecule has 67 heteroatoms. The number of carbonyl (C=O) groups is 28. The number of rotatable bonds is 37. The third-order valence-corrected chi connectivity index (χ3v) is 11.8. The molecule has 0 aliphatic carbocycles. The van der Waals surface area contributed by atoms with Gasteiger partial charge in [-0.2, -0.15) is 59.0 Å². The first-order valence-electron chi connectivity index (χ1n) is 40.8. The van der Waals surface area contributed by atoms with Crippen LogP contribution in [0.1, 0.15) is 258 Å². The minimum Gasteiger partial charge on any atom is -0.481 e. The number of hydrogen-bond donors (Lipinski definition) is 26. The van der Waals surface area contributed by atoms with Gasteiger partial charge in [-0.05, 0) is 51.4 Å². The molecule has 0 spiro atoms. The fourth-order valence-corrected chi connectivity index (χ4v) is 5.02. The Morgan fingerprint density at radius 2 is 0.442 bits per heavy atom. The molecule has 3 atom stereocenters. The maximum atomic E-state index is 11.6. The van der Waals surface area contributed by atoms with Crippen LogP contribution in [-0.2, 0) is 187 Å².